The van der Waals surface area contributed by atoms with Crippen molar-refractivity contribution < 1.29 is 33.8 Å². The summed E-state index contributed by atoms with van der Waals surface area (Å²) in [6, 6.07) is 19.7. The Hall–Kier alpha value is -5.46. The van der Waals surface area contributed by atoms with Crippen molar-refractivity contribution in [3.63, 3.8) is 0 Å². The first kappa shape index (κ1) is 35.3. The van der Waals surface area contributed by atoms with E-state index in [9.17, 15) is 19.5 Å². The fourth-order valence-corrected chi connectivity index (χ4v) is 11.1. The summed E-state index contributed by atoms with van der Waals surface area (Å²) in [5.74, 6) is -4.47. The zero-order chi connectivity index (χ0) is 38.7. The number of amides is 4. The molecule has 3 aromatic carbocycles. The number of hydrogen-bond donors (Lipinski definition) is 1. The smallest absolute Gasteiger partial charge is 0.242 e. The van der Waals surface area contributed by atoms with Gasteiger partial charge in [0.05, 0.1) is 48.0 Å². The summed E-state index contributed by atoms with van der Waals surface area (Å²) < 4.78 is 13.7. The van der Waals surface area contributed by atoms with Gasteiger partial charge in [-0.2, -0.15) is 5.10 Å². The number of hydrogen-bond acceptors (Lipinski definition) is 9. The molecule has 1 saturated carbocycles. The normalized spacial score (nSPS) is 26.0. The molecule has 5 aromatic rings. The van der Waals surface area contributed by atoms with Crippen LogP contribution in [0.3, 0.4) is 0 Å². The van der Waals surface area contributed by atoms with Gasteiger partial charge in [-0.1, -0.05) is 41.4 Å². The number of fused-ring (bicyclic) bond motifs is 5. The first-order valence-corrected chi connectivity index (χ1v) is 19.3. The Morgan fingerprint density at radius 1 is 0.909 bits per heavy atom. The van der Waals surface area contributed by atoms with Gasteiger partial charge in [0, 0.05) is 28.8 Å². The fourth-order valence-electron chi connectivity index (χ4n) is 9.74. The topological polar surface area (TPSA) is 131 Å². The van der Waals surface area contributed by atoms with Crippen molar-refractivity contribution in [1.29, 1.82) is 0 Å². The minimum absolute atomic E-state index is 0.137. The lowest BCUT2D eigenvalue weighted by atomic mass is 9.51. The van der Waals surface area contributed by atoms with Crippen LogP contribution in [0, 0.1) is 36.0 Å². The van der Waals surface area contributed by atoms with E-state index in [1.165, 1.54) is 24.0 Å². The van der Waals surface area contributed by atoms with Gasteiger partial charge >= 0.3 is 0 Å². The summed E-state index contributed by atoms with van der Waals surface area (Å²) in [4.78, 5) is 62.0. The number of ether oxygens (including phenoxy) is 2. The van der Waals surface area contributed by atoms with Gasteiger partial charge in [-0.15, -0.1) is 11.3 Å². The van der Waals surface area contributed by atoms with Crippen LogP contribution in [0.25, 0.3) is 20.7 Å². The quantitative estimate of drug-likeness (QED) is 0.139. The standard InChI is InChI=1S/C42H37ClN4O7S/c1-20-26-17-22(43)11-14-32(26)55-37(20)29-19-33(45(3)44-29)47-39(50)28-18-27-24(12-13-25-34(27)40(51)46(38(25)49)23-9-7-6-8-10-23)35(42(28,2)41(47)52)21-15-30(53-4)36(48)31(16-21)54-5/h6-12,14-17,19,25,27-28,34-35,48H,13,18H2,1-5H3. The van der Waals surface area contributed by atoms with Crippen LogP contribution in [0.15, 0.2) is 78.4 Å². The lowest BCUT2D eigenvalue weighted by Crippen LogP contribution is -2.49. The van der Waals surface area contributed by atoms with Crippen LogP contribution < -0.4 is 19.3 Å². The minimum Gasteiger partial charge on any atom is -0.502 e. The highest BCUT2D eigenvalue weighted by Crippen LogP contribution is 2.64. The number of thiophene rings is 1. The summed E-state index contributed by atoms with van der Waals surface area (Å²) in [7, 11) is 4.57. The largest absolute Gasteiger partial charge is 0.502 e. The number of para-hydroxylation sites is 1. The Labute approximate surface area is 325 Å². The van der Waals surface area contributed by atoms with E-state index in [2.05, 4.69) is 0 Å². The van der Waals surface area contributed by atoms with E-state index >= 15 is 4.79 Å². The Bertz CT molecular complexity index is 2500. The summed E-state index contributed by atoms with van der Waals surface area (Å²) in [6.07, 6.45) is 2.48. The van der Waals surface area contributed by atoms with Crippen LogP contribution in [0.4, 0.5) is 11.5 Å². The van der Waals surface area contributed by atoms with Gasteiger partial charge < -0.3 is 14.6 Å². The third-order valence-electron chi connectivity index (χ3n) is 12.3. The number of carbonyl (C=O) groups is 4. The molecule has 2 aromatic heterocycles. The second-order valence-electron chi connectivity index (χ2n) is 15.0. The number of aromatic hydroxyl groups is 1. The van der Waals surface area contributed by atoms with Gasteiger partial charge in [0.25, 0.3) is 0 Å². The molecule has 6 unspecified atom stereocenters. The monoisotopic (exact) mass is 776 g/mol. The van der Waals surface area contributed by atoms with Crippen molar-refractivity contribution in [1.82, 2.24) is 9.78 Å². The second-order valence-corrected chi connectivity index (χ2v) is 16.5. The molecule has 2 aliphatic carbocycles. The molecule has 4 heterocycles. The Morgan fingerprint density at radius 2 is 1.62 bits per heavy atom. The highest BCUT2D eigenvalue weighted by Gasteiger charge is 2.68. The number of aryl methyl sites for hydroxylation is 2. The number of benzene rings is 3. The summed E-state index contributed by atoms with van der Waals surface area (Å²) in [5, 5.41) is 17.4. The molecule has 55 heavy (non-hydrogen) atoms. The summed E-state index contributed by atoms with van der Waals surface area (Å²) >= 11 is 7.88. The molecule has 0 bridgehead atoms. The minimum atomic E-state index is -1.33. The molecule has 6 atom stereocenters. The highest BCUT2D eigenvalue weighted by molar-refractivity contribution is 7.22. The summed E-state index contributed by atoms with van der Waals surface area (Å²) in [6.45, 7) is 3.81. The number of rotatable bonds is 6. The molecule has 4 aliphatic rings. The Kier molecular flexibility index (Phi) is 8.04. The molecule has 9 rings (SSSR count). The van der Waals surface area contributed by atoms with Crippen molar-refractivity contribution >= 4 is 68.2 Å². The third-order valence-corrected chi connectivity index (χ3v) is 13.9. The molecule has 0 radical (unpaired) electrons. The molecule has 0 spiro atoms. The first-order chi connectivity index (χ1) is 26.4. The predicted octanol–water partition coefficient (Wildman–Crippen LogP) is 7.42. The maximum atomic E-state index is 15.2. The van der Waals surface area contributed by atoms with Crippen LogP contribution in [-0.4, -0.2) is 52.7 Å². The number of imide groups is 2. The molecule has 280 valence electrons. The number of nitrogens with zero attached hydrogens (tertiary/aromatic N) is 4. The van der Waals surface area contributed by atoms with Crippen molar-refractivity contribution in [3.8, 4) is 27.8 Å². The van der Waals surface area contributed by atoms with E-state index in [1.807, 2.05) is 44.2 Å². The number of anilines is 2. The van der Waals surface area contributed by atoms with Crippen molar-refractivity contribution in [3.05, 3.63) is 94.5 Å². The molecule has 1 N–H and O–H groups in total. The summed E-state index contributed by atoms with van der Waals surface area (Å²) in [5.41, 5.74) is 2.16. The van der Waals surface area contributed by atoms with Gasteiger partial charge in [-0.05, 0) is 91.6 Å². The fraction of sp³-hybridized carbons (Fsp3) is 0.310. The van der Waals surface area contributed by atoms with E-state index in [1.54, 1.807) is 65.5 Å². The second kappa shape index (κ2) is 12.5. The van der Waals surface area contributed by atoms with Crippen LogP contribution in [-0.2, 0) is 26.2 Å². The van der Waals surface area contributed by atoms with Gasteiger partial charge in [-0.25, -0.2) is 4.90 Å². The van der Waals surface area contributed by atoms with Gasteiger partial charge in [0.1, 0.15) is 11.5 Å². The number of halogens is 1. The number of aromatic nitrogens is 2. The SMILES string of the molecule is COc1cc(C2C3=CCC4C(=O)N(c5ccccc5)C(=O)C4C3CC3C(=O)N(c4cc(-c5sc6ccc(Cl)cc6c5C)nn4C)C(=O)C32C)cc(OC)c1O. The average molecular weight is 777 g/mol. The van der Waals surface area contributed by atoms with E-state index in [4.69, 9.17) is 26.2 Å². The van der Waals surface area contributed by atoms with Crippen LogP contribution in [0.5, 0.6) is 17.2 Å². The number of carbonyl (C=O) groups excluding carboxylic acids is 4. The maximum absolute atomic E-state index is 15.2. The maximum Gasteiger partial charge on any atom is 0.242 e. The zero-order valence-electron chi connectivity index (χ0n) is 30.7. The Morgan fingerprint density at radius 3 is 2.31 bits per heavy atom. The third kappa shape index (κ3) is 4.90. The Balaban J connectivity index is 1.18. The number of allylic oxidation sites excluding steroid dienone is 2. The van der Waals surface area contributed by atoms with E-state index < -0.39 is 46.8 Å². The van der Waals surface area contributed by atoms with Gasteiger partial charge in [-0.3, -0.25) is 28.8 Å². The zero-order valence-corrected chi connectivity index (χ0v) is 32.3. The predicted molar refractivity (Wildman–Crippen MR) is 209 cm³/mol. The van der Waals surface area contributed by atoms with Crippen LogP contribution >= 0.6 is 22.9 Å². The molecule has 11 nitrogen and oxygen atoms in total. The average Bonchev–Trinajstić information content (AvgIpc) is 3.85. The van der Waals surface area contributed by atoms with Crippen molar-refractivity contribution in [2.24, 2.45) is 36.1 Å². The van der Waals surface area contributed by atoms with E-state index in [-0.39, 0.29) is 35.5 Å². The first-order valence-electron chi connectivity index (χ1n) is 18.1. The molecule has 3 fully saturated rings. The van der Waals surface area contributed by atoms with Crippen LogP contribution in [0.2, 0.25) is 5.02 Å². The molecular weight excluding hydrogens is 740 g/mol. The van der Waals surface area contributed by atoms with Crippen LogP contribution in [0.1, 0.15) is 36.8 Å². The lowest BCUT2D eigenvalue weighted by Gasteiger charge is -2.49. The van der Waals surface area contributed by atoms with E-state index in [0.29, 0.717) is 34.2 Å². The van der Waals surface area contributed by atoms with Crippen molar-refractivity contribution in [2.45, 2.75) is 32.6 Å². The highest BCUT2D eigenvalue weighted by atomic mass is 35.5. The van der Waals surface area contributed by atoms with Gasteiger partial charge in [0.2, 0.25) is 29.4 Å². The number of methoxy groups -OCH3 is 2. The van der Waals surface area contributed by atoms with E-state index in [0.717, 1.165) is 26.1 Å². The lowest BCUT2D eigenvalue weighted by molar-refractivity contribution is -0.131. The van der Waals surface area contributed by atoms with Crippen molar-refractivity contribution in [2.75, 3.05) is 24.0 Å². The van der Waals surface area contributed by atoms with Gasteiger partial charge in [0.15, 0.2) is 11.5 Å². The molecule has 4 amide bonds. The number of phenolic OH excluding ortho intramolecular Hbond substituents is 1. The molecular formula is C42H37ClN4O7S. The molecule has 13 heteroatoms. The number of phenols is 1. The molecule has 2 aliphatic heterocycles. The molecule has 2 saturated heterocycles.